The molecule has 0 saturated carbocycles. The van der Waals surface area contributed by atoms with Gasteiger partial charge in [0.2, 0.25) is 5.95 Å². The first-order chi connectivity index (χ1) is 10.2. The van der Waals surface area contributed by atoms with Crippen LogP contribution in [0.2, 0.25) is 0 Å². The van der Waals surface area contributed by atoms with Gasteiger partial charge in [0.1, 0.15) is 5.75 Å². The summed E-state index contributed by atoms with van der Waals surface area (Å²) in [5.74, 6) is 0.617. The van der Waals surface area contributed by atoms with E-state index in [2.05, 4.69) is 15.0 Å². The summed E-state index contributed by atoms with van der Waals surface area (Å²) in [6.45, 7) is 2.59. The minimum atomic E-state index is 0.0444. The molecular formula is C14H18N4O3. The zero-order valence-electron chi connectivity index (χ0n) is 11.8. The lowest BCUT2D eigenvalue weighted by molar-refractivity contribution is 0.285. The van der Waals surface area contributed by atoms with E-state index < -0.39 is 0 Å². The van der Waals surface area contributed by atoms with Gasteiger partial charge in [-0.25, -0.2) is 0 Å². The highest BCUT2D eigenvalue weighted by molar-refractivity contribution is 5.30. The quantitative estimate of drug-likeness (QED) is 0.797. The fourth-order valence-corrected chi connectivity index (χ4v) is 1.62. The van der Waals surface area contributed by atoms with Crippen molar-refractivity contribution in [2.24, 2.45) is 0 Å². The standard InChI is InChI=1S/C14H18N4O3/c1-2-9-20-13-16-12(15)17-14(18-13)21-11-5-3-10(4-6-11)7-8-19/h3-6,19H,2,7-9H2,1H3,(H2,15,16,17,18). The van der Waals surface area contributed by atoms with Crippen molar-refractivity contribution in [3.8, 4) is 17.8 Å². The maximum atomic E-state index is 8.87. The molecule has 0 unspecified atom stereocenters. The molecule has 7 nitrogen and oxygen atoms in total. The van der Waals surface area contributed by atoms with Crippen LogP contribution in [0.4, 0.5) is 5.95 Å². The predicted octanol–water partition coefficient (Wildman–Crippen LogP) is 1.57. The molecule has 0 atom stereocenters. The molecule has 0 radical (unpaired) electrons. The molecule has 112 valence electrons. The highest BCUT2D eigenvalue weighted by Crippen LogP contribution is 2.20. The summed E-state index contributed by atoms with van der Waals surface area (Å²) in [6, 6.07) is 7.52. The SMILES string of the molecule is CCCOc1nc(N)nc(Oc2ccc(CCO)cc2)n1. The fraction of sp³-hybridized carbons (Fsp3) is 0.357. The van der Waals surface area contributed by atoms with Crippen molar-refractivity contribution < 1.29 is 14.6 Å². The molecule has 0 saturated heterocycles. The molecule has 2 rings (SSSR count). The zero-order chi connectivity index (χ0) is 15.1. The molecule has 0 amide bonds. The van der Waals surface area contributed by atoms with Crippen LogP contribution in [0.3, 0.4) is 0 Å². The van der Waals surface area contributed by atoms with Crippen LogP contribution in [-0.2, 0) is 6.42 Å². The number of benzene rings is 1. The third-order valence-electron chi connectivity index (χ3n) is 2.58. The van der Waals surface area contributed by atoms with Crippen LogP contribution in [0.5, 0.6) is 17.8 Å². The van der Waals surface area contributed by atoms with Crippen LogP contribution >= 0.6 is 0 Å². The maximum absolute atomic E-state index is 8.87. The summed E-state index contributed by atoms with van der Waals surface area (Å²) < 4.78 is 10.8. The molecule has 0 aliphatic carbocycles. The Hall–Kier alpha value is -2.41. The topological polar surface area (TPSA) is 103 Å². The van der Waals surface area contributed by atoms with Gasteiger partial charge in [0, 0.05) is 6.61 Å². The summed E-state index contributed by atoms with van der Waals surface area (Å²) in [5.41, 5.74) is 6.62. The summed E-state index contributed by atoms with van der Waals surface area (Å²) in [5, 5.41) is 8.87. The van der Waals surface area contributed by atoms with Crippen molar-refractivity contribution >= 4 is 5.95 Å². The van der Waals surface area contributed by atoms with Crippen molar-refractivity contribution in [3.05, 3.63) is 29.8 Å². The second kappa shape index (κ2) is 7.39. The largest absolute Gasteiger partial charge is 0.463 e. The van der Waals surface area contributed by atoms with Crippen molar-refractivity contribution in [1.82, 2.24) is 15.0 Å². The average Bonchev–Trinajstić information content (AvgIpc) is 2.47. The normalized spacial score (nSPS) is 10.4. The number of hydrogen-bond donors (Lipinski definition) is 2. The van der Waals surface area contributed by atoms with Gasteiger partial charge in [-0.1, -0.05) is 19.1 Å². The van der Waals surface area contributed by atoms with Gasteiger partial charge in [0.25, 0.3) is 0 Å². The predicted molar refractivity (Wildman–Crippen MR) is 77.3 cm³/mol. The lowest BCUT2D eigenvalue weighted by Crippen LogP contribution is -2.05. The van der Waals surface area contributed by atoms with Gasteiger partial charge in [0.05, 0.1) is 6.61 Å². The first-order valence-electron chi connectivity index (χ1n) is 6.73. The van der Waals surface area contributed by atoms with E-state index >= 15 is 0 Å². The Labute approximate surface area is 122 Å². The van der Waals surface area contributed by atoms with E-state index in [9.17, 15) is 0 Å². The van der Waals surface area contributed by atoms with Crippen molar-refractivity contribution in [3.63, 3.8) is 0 Å². The average molecular weight is 290 g/mol. The highest BCUT2D eigenvalue weighted by atomic mass is 16.5. The number of hydrogen-bond acceptors (Lipinski definition) is 7. The number of aliphatic hydroxyl groups excluding tert-OH is 1. The van der Waals surface area contributed by atoms with Crippen molar-refractivity contribution in [2.75, 3.05) is 18.9 Å². The van der Waals surface area contributed by atoms with Crippen LogP contribution in [0.15, 0.2) is 24.3 Å². The second-order valence-electron chi connectivity index (χ2n) is 4.33. The molecule has 1 heterocycles. The van der Waals surface area contributed by atoms with Crippen LogP contribution in [0.1, 0.15) is 18.9 Å². The van der Waals surface area contributed by atoms with Crippen LogP contribution in [0, 0.1) is 0 Å². The Kier molecular flexibility index (Phi) is 5.28. The van der Waals surface area contributed by atoms with Gasteiger partial charge in [-0.3, -0.25) is 0 Å². The fourth-order valence-electron chi connectivity index (χ4n) is 1.62. The Balaban J connectivity index is 2.09. The highest BCUT2D eigenvalue weighted by Gasteiger charge is 2.07. The number of nitrogens with zero attached hydrogens (tertiary/aromatic N) is 3. The van der Waals surface area contributed by atoms with E-state index in [1.165, 1.54) is 0 Å². The van der Waals surface area contributed by atoms with E-state index in [0.29, 0.717) is 18.8 Å². The number of nitrogens with two attached hydrogens (primary N) is 1. The Morgan fingerprint density at radius 2 is 1.81 bits per heavy atom. The van der Waals surface area contributed by atoms with Crippen molar-refractivity contribution in [1.29, 1.82) is 0 Å². The Morgan fingerprint density at radius 3 is 2.48 bits per heavy atom. The number of anilines is 1. The molecule has 3 N–H and O–H groups in total. The summed E-state index contributed by atoms with van der Waals surface area (Å²) in [7, 11) is 0. The zero-order valence-corrected chi connectivity index (χ0v) is 11.8. The minimum Gasteiger partial charge on any atom is -0.463 e. The molecular weight excluding hydrogens is 272 g/mol. The summed E-state index contributed by atoms with van der Waals surface area (Å²) >= 11 is 0. The monoisotopic (exact) mass is 290 g/mol. The molecule has 21 heavy (non-hydrogen) atoms. The van der Waals surface area contributed by atoms with Gasteiger partial charge in [-0.15, -0.1) is 4.98 Å². The number of aliphatic hydroxyl groups is 1. The number of aromatic nitrogens is 3. The molecule has 0 aliphatic heterocycles. The smallest absolute Gasteiger partial charge is 0.330 e. The second-order valence-corrected chi connectivity index (χ2v) is 4.33. The Bertz CT molecular complexity index is 575. The van der Waals surface area contributed by atoms with Crippen LogP contribution in [0.25, 0.3) is 0 Å². The van der Waals surface area contributed by atoms with Gasteiger partial charge in [0.15, 0.2) is 0 Å². The van der Waals surface area contributed by atoms with E-state index in [0.717, 1.165) is 12.0 Å². The summed E-state index contributed by atoms with van der Waals surface area (Å²) in [4.78, 5) is 11.8. The van der Waals surface area contributed by atoms with Gasteiger partial charge in [-0.05, 0) is 30.5 Å². The van der Waals surface area contributed by atoms with E-state index in [1.807, 2.05) is 19.1 Å². The Morgan fingerprint density at radius 1 is 1.10 bits per heavy atom. The lowest BCUT2D eigenvalue weighted by Gasteiger charge is -2.07. The number of nitrogen functional groups attached to an aromatic ring is 1. The van der Waals surface area contributed by atoms with E-state index in [1.54, 1.807) is 12.1 Å². The van der Waals surface area contributed by atoms with Gasteiger partial charge < -0.3 is 20.3 Å². The van der Waals surface area contributed by atoms with Gasteiger partial charge in [-0.2, -0.15) is 9.97 Å². The van der Waals surface area contributed by atoms with Crippen LogP contribution < -0.4 is 15.2 Å². The van der Waals surface area contributed by atoms with Gasteiger partial charge >= 0.3 is 12.0 Å². The first kappa shape index (κ1) is 15.0. The van der Waals surface area contributed by atoms with E-state index in [4.69, 9.17) is 20.3 Å². The number of ether oxygens (including phenoxy) is 2. The molecule has 0 bridgehead atoms. The van der Waals surface area contributed by atoms with Crippen LogP contribution in [-0.4, -0.2) is 33.3 Å². The minimum absolute atomic E-state index is 0.0444. The van der Waals surface area contributed by atoms with Crippen molar-refractivity contribution in [2.45, 2.75) is 19.8 Å². The molecule has 2 aromatic rings. The first-order valence-corrected chi connectivity index (χ1v) is 6.73. The third kappa shape index (κ3) is 4.57. The molecule has 7 heteroatoms. The van der Waals surface area contributed by atoms with E-state index in [-0.39, 0.29) is 24.6 Å². The third-order valence-corrected chi connectivity index (χ3v) is 2.58. The molecule has 0 fully saturated rings. The molecule has 1 aromatic heterocycles. The molecule has 1 aromatic carbocycles. The number of rotatable bonds is 7. The summed E-state index contributed by atoms with van der Waals surface area (Å²) in [6.07, 6.45) is 1.45. The molecule has 0 aliphatic rings. The molecule has 0 spiro atoms. The maximum Gasteiger partial charge on any atom is 0.330 e. The lowest BCUT2D eigenvalue weighted by atomic mass is 10.1.